The van der Waals surface area contributed by atoms with Crippen molar-refractivity contribution in [1.29, 1.82) is 0 Å². The molecule has 0 amide bonds. The zero-order valence-electron chi connectivity index (χ0n) is 16.3. The maximum absolute atomic E-state index is 12.6. The third-order valence-corrected chi connectivity index (χ3v) is 5.84. The standard InChI is InChI=1S/C16H26N3O8P/c1-5-22-28(21,23-6-2)24-9-10-12-13(27-16(3,4)26-12)14(25-10)19-8-7-11(17)18-15(19)20/h7-8,10,12-14H,5-6,9H2,1-4H3,(H2,17,18,20)/t10-,12?,13?,14-/m1/s1. The van der Waals surface area contributed by atoms with E-state index >= 15 is 0 Å². The highest BCUT2D eigenvalue weighted by atomic mass is 31.2. The zero-order chi connectivity index (χ0) is 20.5. The van der Waals surface area contributed by atoms with Crippen LogP contribution >= 0.6 is 7.82 Å². The van der Waals surface area contributed by atoms with Crippen molar-refractivity contribution >= 4 is 13.6 Å². The van der Waals surface area contributed by atoms with Crippen molar-refractivity contribution in [3.63, 3.8) is 0 Å². The van der Waals surface area contributed by atoms with E-state index in [1.165, 1.54) is 16.8 Å². The largest absolute Gasteiger partial charge is 0.474 e. The van der Waals surface area contributed by atoms with E-state index in [-0.39, 0.29) is 25.6 Å². The molecule has 0 radical (unpaired) electrons. The number of fused-ring (bicyclic) bond motifs is 1. The predicted octanol–water partition coefficient (Wildman–Crippen LogP) is 1.44. The molecule has 1 aromatic heterocycles. The Morgan fingerprint density at radius 3 is 2.46 bits per heavy atom. The average Bonchev–Trinajstić information content (AvgIpc) is 3.07. The molecule has 2 aliphatic heterocycles. The number of anilines is 1. The molecular formula is C16H26N3O8P. The second-order valence-corrected chi connectivity index (χ2v) is 8.42. The molecule has 12 heteroatoms. The van der Waals surface area contributed by atoms with Crippen molar-refractivity contribution in [2.45, 2.75) is 58.0 Å². The Hall–Kier alpha value is -1.33. The fraction of sp³-hybridized carbons (Fsp3) is 0.750. The molecular weight excluding hydrogens is 393 g/mol. The summed E-state index contributed by atoms with van der Waals surface area (Å²) in [6.45, 7) is 7.08. The van der Waals surface area contributed by atoms with Crippen molar-refractivity contribution in [2.75, 3.05) is 25.6 Å². The molecule has 0 saturated carbocycles. The molecule has 0 spiro atoms. The Kier molecular flexibility index (Phi) is 6.26. The van der Waals surface area contributed by atoms with Crippen LogP contribution in [0, 0.1) is 0 Å². The second-order valence-electron chi connectivity index (χ2n) is 6.75. The molecule has 3 heterocycles. The topological polar surface area (TPSA) is 133 Å². The number of hydrogen-bond acceptors (Lipinski definition) is 10. The lowest BCUT2D eigenvalue weighted by atomic mass is 10.1. The normalized spacial score (nSPS) is 29.1. The van der Waals surface area contributed by atoms with Crippen LogP contribution in [0.3, 0.4) is 0 Å². The molecule has 2 unspecified atom stereocenters. The number of rotatable bonds is 8. The minimum absolute atomic E-state index is 0.106. The first-order chi connectivity index (χ1) is 13.2. The molecule has 2 aliphatic rings. The number of ether oxygens (including phenoxy) is 3. The van der Waals surface area contributed by atoms with Gasteiger partial charge in [-0.15, -0.1) is 0 Å². The molecule has 28 heavy (non-hydrogen) atoms. The zero-order valence-corrected chi connectivity index (χ0v) is 17.2. The van der Waals surface area contributed by atoms with E-state index < -0.39 is 43.8 Å². The van der Waals surface area contributed by atoms with Crippen molar-refractivity contribution in [1.82, 2.24) is 9.55 Å². The van der Waals surface area contributed by atoms with Crippen molar-refractivity contribution < 1.29 is 32.3 Å². The minimum Gasteiger partial charge on any atom is -0.383 e. The Morgan fingerprint density at radius 1 is 1.21 bits per heavy atom. The molecule has 1 aromatic rings. The van der Waals surface area contributed by atoms with Crippen LogP contribution in [0.25, 0.3) is 0 Å². The van der Waals surface area contributed by atoms with E-state index in [1.807, 2.05) is 0 Å². The van der Waals surface area contributed by atoms with E-state index in [1.54, 1.807) is 27.7 Å². The van der Waals surface area contributed by atoms with E-state index in [0.29, 0.717) is 0 Å². The molecule has 0 bridgehead atoms. The Bertz CT molecular complexity index is 790. The summed E-state index contributed by atoms with van der Waals surface area (Å²) >= 11 is 0. The van der Waals surface area contributed by atoms with Crippen LogP contribution in [-0.2, 0) is 32.3 Å². The van der Waals surface area contributed by atoms with Crippen LogP contribution in [0.1, 0.15) is 33.9 Å². The van der Waals surface area contributed by atoms with Gasteiger partial charge in [0.25, 0.3) is 0 Å². The van der Waals surface area contributed by atoms with Gasteiger partial charge >= 0.3 is 13.5 Å². The fourth-order valence-corrected chi connectivity index (χ4v) is 4.42. The number of nitrogens with zero attached hydrogens (tertiary/aromatic N) is 2. The Labute approximate surface area is 162 Å². The van der Waals surface area contributed by atoms with E-state index in [4.69, 9.17) is 33.5 Å². The summed E-state index contributed by atoms with van der Waals surface area (Å²) in [4.78, 5) is 16.0. The van der Waals surface area contributed by atoms with Crippen LogP contribution in [0.2, 0.25) is 0 Å². The number of aromatic nitrogens is 2. The number of hydrogen-bond donors (Lipinski definition) is 1. The molecule has 3 rings (SSSR count). The highest BCUT2D eigenvalue weighted by Gasteiger charge is 2.56. The maximum atomic E-state index is 12.6. The molecule has 2 saturated heterocycles. The predicted molar refractivity (Wildman–Crippen MR) is 97.5 cm³/mol. The van der Waals surface area contributed by atoms with Gasteiger partial charge in [-0.1, -0.05) is 0 Å². The summed E-state index contributed by atoms with van der Waals surface area (Å²) < 4.78 is 47.3. The van der Waals surface area contributed by atoms with E-state index in [2.05, 4.69) is 4.98 Å². The lowest BCUT2D eigenvalue weighted by Gasteiger charge is -2.25. The van der Waals surface area contributed by atoms with Gasteiger partial charge in [0.05, 0.1) is 19.8 Å². The SMILES string of the molecule is CCOP(=O)(OCC)OC[C@H]1O[C@@H](n2ccc(N)nc2=O)C2OC(C)(C)OC21. The molecule has 11 nitrogen and oxygen atoms in total. The average molecular weight is 419 g/mol. The summed E-state index contributed by atoms with van der Waals surface area (Å²) in [5, 5.41) is 0. The van der Waals surface area contributed by atoms with Crippen LogP contribution in [0.5, 0.6) is 0 Å². The van der Waals surface area contributed by atoms with Crippen LogP contribution in [-0.4, -0.2) is 53.5 Å². The summed E-state index contributed by atoms with van der Waals surface area (Å²) in [5.41, 5.74) is 4.98. The highest BCUT2D eigenvalue weighted by molar-refractivity contribution is 7.48. The lowest BCUT2D eigenvalue weighted by Crippen LogP contribution is -2.35. The summed E-state index contributed by atoms with van der Waals surface area (Å²) in [6.07, 6.45) is -1.14. The summed E-state index contributed by atoms with van der Waals surface area (Å²) in [7, 11) is -3.72. The van der Waals surface area contributed by atoms with Crippen molar-refractivity contribution in [2.24, 2.45) is 0 Å². The molecule has 0 aromatic carbocycles. The van der Waals surface area contributed by atoms with Crippen molar-refractivity contribution in [3.05, 3.63) is 22.7 Å². The minimum atomic E-state index is -3.72. The first kappa shape index (κ1) is 21.4. The molecule has 2 N–H and O–H groups in total. The lowest BCUT2D eigenvalue weighted by molar-refractivity contribution is -0.200. The van der Waals surface area contributed by atoms with Gasteiger partial charge in [0.15, 0.2) is 12.0 Å². The van der Waals surface area contributed by atoms with Gasteiger partial charge in [-0.05, 0) is 33.8 Å². The van der Waals surface area contributed by atoms with Gasteiger partial charge in [-0.3, -0.25) is 18.1 Å². The first-order valence-electron chi connectivity index (χ1n) is 9.07. The van der Waals surface area contributed by atoms with Gasteiger partial charge in [0, 0.05) is 6.20 Å². The number of phosphoric ester groups is 1. The van der Waals surface area contributed by atoms with Crippen LogP contribution < -0.4 is 11.4 Å². The van der Waals surface area contributed by atoms with Crippen LogP contribution in [0.15, 0.2) is 17.1 Å². The Balaban J connectivity index is 1.81. The molecule has 4 atom stereocenters. The summed E-state index contributed by atoms with van der Waals surface area (Å²) in [6, 6.07) is 1.49. The van der Waals surface area contributed by atoms with Gasteiger partial charge in [0.1, 0.15) is 24.1 Å². The third kappa shape index (κ3) is 4.46. The molecule has 0 aliphatic carbocycles. The third-order valence-electron chi connectivity index (χ3n) is 4.22. The molecule has 2 fully saturated rings. The number of nitrogen functional groups attached to an aromatic ring is 1. The maximum Gasteiger partial charge on any atom is 0.474 e. The van der Waals surface area contributed by atoms with Gasteiger partial charge in [-0.2, -0.15) is 4.98 Å². The van der Waals surface area contributed by atoms with Crippen molar-refractivity contribution in [3.8, 4) is 0 Å². The quantitative estimate of drug-likeness (QED) is 0.617. The highest BCUT2D eigenvalue weighted by Crippen LogP contribution is 2.51. The monoisotopic (exact) mass is 419 g/mol. The molecule has 158 valence electrons. The Morgan fingerprint density at radius 2 is 1.86 bits per heavy atom. The van der Waals surface area contributed by atoms with Gasteiger partial charge in [0.2, 0.25) is 0 Å². The van der Waals surface area contributed by atoms with Crippen LogP contribution in [0.4, 0.5) is 5.82 Å². The van der Waals surface area contributed by atoms with Gasteiger partial charge < -0.3 is 19.9 Å². The van der Waals surface area contributed by atoms with Gasteiger partial charge in [-0.25, -0.2) is 9.36 Å². The number of nitrogens with two attached hydrogens (primary N) is 1. The number of phosphoric acid groups is 1. The van der Waals surface area contributed by atoms with E-state index in [9.17, 15) is 9.36 Å². The summed E-state index contributed by atoms with van der Waals surface area (Å²) in [5.74, 6) is -0.779. The fourth-order valence-electron chi connectivity index (χ4n) is 3.23. The smallest absolute Gasteiger partial charge is 0.383 e. The van der Waals surface area contributed by atoms with E-state index in [0.717, 1.165) is 0 Å². The first-order valence-corrected chi connectivity index (χ1v) is 10.5. The second kappa shape index (κ2) is 8.19.